The molecule has 0 aliphatic heterocycles. The Labute approximate surface area is 86.8 Å². The van der Waals surface area contributed by atoms with Gasteiger partial charge in [-0.05, 0) is 11.5 Å². The van der Waals surface area contributed by atoms with Gasteiger partial charge in [0, 0.05) is 11.6 Å². The highest BCUT2D eigenvalue weighted by molar-refractivity contribution is 5.91. The van der Waals surface area contributed by atoms with Crippen molar-refractivity contribution < 1.29 is 9.90 Å². The topological polar surface area (TPSA) is 50.2 Å². The Morgan fingerprint density at radius 3 is 2.50 bits per heavy atom. The molecule has 0 unspecified atom stereocenters. The molecule has 1 aromatic carbocycles. The molecule has 4 heteroatoms. The van der Waals surface area contributed by atoms with Crippen molar-refractivity contribution in [3.8, 4) is 0 Å². The van der Waals surface area contributed by atoms with E-state index in [1.54, 1.807) is 12.3 Å². The summed E-state index contributed by atoms with van der Waals surface area (Å²) < 4.78 is 0. The van der Waals surface area contributed by atoms with Gasteiger partial charge >= 0.3 is 5.97 Å². The first-order chi connectivity index (χ1) is 6.27. The summed E-state index contributed by atoms with van der Waals surface area (Å²) in [5.41, 5.74) is 0.0821. The van der Waals surface area contributed by atoms with Crippen molar-refractivity contribution >= 4 is 29.1 Å². The largest absolute Gasteiger partial charge is 0.477 e. The molecule has 0 spiro atoms. The van der Waals surface area contributed by atoms with Crippen LogP contribution in [0.1, 0.15) is 10.5 Å². The average Bonchev–Trinajstić information content (AvgIpc) is 2.17. The Morgan fingerprint density at radius 2 is 1.86 bits per heavy atom. The van der Waals surface area contributed by atoms with Crippen LogP contribution in [-0.2, 0) is 0 Å². The Morgan fingerprint density at radius 1 is 1.21 bits per heavy atom. The smallest absolute Gasteiger partial charge is 0.354 e. The van der Waals surface area contributed by atoms with Crippen LogP contribution in [0.2, 0.25) is 0 Å². The van der Waals surface area contributed by atoms with Crippen molar-refractivity contribution in [2.45, 2.75) is 0 Å². The van der Waals surface area contributed by atoms with Crippen molar-refractivity contribution in [3.63, 3.8) is 0 Å². The summed E-state index contributed by atoms with van der Waals surface area (Å²) in [5, 5.41) is 10.5. The number of rotatable bonds is 1. The summed E-state index contributed by atoms with van der Waals surface area (Å²) in [4.78, 5) is 14.4. The highest BCUT2D eigenvalue weighted by atomic mass is 35.5. The SMILES string of the molecule is Cl.O=C(O)c1cc2ccccc2cn1. The summed E-state index contributed by atoms with van der Waals surface area (Å²) in [6.45, 7) is 0. The number of hydrogen-bond acceptors (Lipinski definition) is 2. The number of carbonyl (C=O) groups is 1. The van der Waals surface area contributed by atoms with Crippen LogP contribution < -0.4 is 0 Å². The fraction of sp³-hybridized carbons (Fsp3) is 0. The first kappa shape index (κ1) is 10.5. The van der Waals surface area contributed by atoms with Crippen LogP contribution in [0.5, 0.6) is 0 Å². The number of aromatic carboxylic acids is 1. The van der Waals surface area contributed by atoms with Crippen molar-refractivity contribution in [3.05, 3.63) is 42.2 Å². The lowest BCUT2D eigenvalue weighted by molar-refractivity contribution is 0.0691. The molecule has 0 saturated heterocycles. The molecule has 2 aromatic rings. The maximum absolute atomic E-state index is 10.6. The number of hydrogen-bond donors (Lipinski definition) is 1. The normalized spacial score (nSPS) is 9.43. The Hall–Kier alpha value is -1.61. The third-order valence-electron chi connectivity index (χ3n) is 1.85. The van der Waals surface area contributed by atoms with Gasteiger partial charge in [-0.1, -0.05) is 24.3 Å². The standard InChI is InChI=1S/C10H7NO2.ClH/c12-10(13)9-5-7-3-1-2-4-8(7)6-11-9;/h1-6H,(H,12,13);1H. The predicted octanol–water partition coefficient (Wildman–Crippen LogP) is 2.35. The van der Waals surface area contributed by atoms with Gasteiger partial charge in [-0.15, -0.1) is 12.4 Å². The minimum atomic E-state index is -0.995. The van der Waals surface area contributed by atoms with E-state index in [9.17, 15) is 4.79 Å². The van der Waals surface area contributed by atoms with Crippen LogP contribution in [0.3, 0.4) is 0 Å². The maximum atomic E-state index is 10.6. The third kappa shape index (κ3) is 1.83. The van der Waals surface area contributed by atoms with Crippen LogP contribution in [-0.4, -0.2) is 16.1 Å². The van der Waals surface area contributed by atoms with Gasteiger partial charge in [0.15, 0.2) is 0 Å². The number of aromatic nitrogens is 1. The second-order valence-corrected chi connectivity index (χ2v) is 2.72. The zero-order chi connectivity index (χ0) is 9.26. The summed E-state index contributed by atoms with van der Waals surface area (Å²) >= 11 is 0. The Bertz CT molecular complexity index is 470. The first-order valence-electron chi connectivity index (χ1n) is 3.85. The quantitative estimate of drug-likeness (QED) is 0.785. The van der Waals surface area contributed by atoms with Gasteiger partial charge in [-0.25, -0.2) is 9.78 Å². The van der Waals surface area contributed by atoms with E-state index in [-0.39, 0.29) is 18.1 Å². The van der Waals surface area contributed by atoms with E-state index in [0.717, 1.165) is 10.8 Å². The number of benzene rings is 1. The summed E-state index contributed by atoms with van der Waals surface area (Å²) in [6.07, 6.45) is 1.57. The molecule has 0 aliphatic carbocycles. The fourth-order valence-corrected chi connectivity index (χ4v) is 1.20. The van der Waals surface area contributed by atoms with Gasteiger partial charge in [-0.3, -0.25) is 0 Å². The van der Waals surface area contributed by atoms with Crippen LogP contribution in [0.15, 0.2) is 36.5 Å². The summed E-state index contributed by atoms with van der Waals surface area (Å²) in [7, 11) is 0. The van der Waals surface area contributed by atoms with Crippen molar-refractivity contribution in [1.29, 1.82) is 0 Å². The molecule has 0 aliphatic rings. The van der Waals surface area contributed by atoms with Crippen molar-refractivity contribution in [2.24, 2.45) is 0 Å². The fourth-order valence-electron chi connectivity index (χ4n) is 1.20. The molecule has 0 saturated carbocycles. The Kier molecular flexibility index (Phi) is 3.04. The molecule has 0 atom stereocenters. The highest BCUT2D eigenvalue weighted by Gasteiger charge is 2.03. The van der Waals surface area contributed by atoms with Crippen LogP contribution in [0.4, 0.5) is 0 Å². The minimum absolute atomic E-state index is 0. The molecule has 0 bridgehead atoms. The molecule has 1 heterocycles. The van der Waals surface area contributed by atoms with Gasteiger partial charge in [-0.2, -0.15) is 0 Å². The summed E-state index contributed by atoms with van der Waals surface area (Å²) in [5.74, 6) is -0.995. The zero-order valence-electron chi connectivity index (χ0n) is 7.18. The average molecular weight is 210 g/mol. The zero-order valence-corrected chi connectivity index (χ0v) is 7.99. The molecule has 14 heavy (non-hydrogen) atoms. The van der Waals surface area contributed by atoms with Crippen LogP contribution >= 0.6 is 12.4 Å². The molecule has 1 aromatic heterocycles. The molecule has 0 fully saturated rings. The molecule has 72 valence electrons. The molecule has 2 rings (SSSR count). The number of carboxylic acid groups (broad SMARTS) is 1. The van der Waals surface area contributed by atoms with E-state index in [1.807, 2.05) is 24.3 Å². The van der Waals surface area contributed by atoms with E-state index >= 15 is 0 Å². The first-order valence-corrected chi connectivity index (χ1v) is 3.85. The van der Waals surface area contributed by atoms with Crippen LogP contribution in [0.25, 0.3) is 10.8 Å². The number of pyridine rings is 1. The lowest BCUT2D eigenvalue weighted by Crippen LogP contribution is -1.98. The number of nitrogens with zero attached hydrogens (tertiary/aromatic N) is 1. The minimum Gasteiger partial charge on any atom is -0.477 e. The maximum Gasteiger partial charge on any atom is 0.354 e. The number of carboxylic acids is 1. The van der Waals surface area contributed by atoms with Gasteiger partial charge in [0.05, 0.1) is 0 Å². The monoisotopic (exact) mass is 209 g/mol. The van der Waals surface area contributed by atoms with E-state index in [1.165, 1.54) is 0 Å². The van der Waals surface area contributed by atoms with E-state index in [0.29, 0.717) is 0 Å². The second kappa shape index (κ2) is 4.07. The molecule has 1 N–H and O–H groups in total. The van der Waals surface area contributed by atoms with Crippen LogP contribution in [0, 0.1) is 0 Å². The van der Waals surface area contributed by atoms with E-state index in [4.69, 9.17) is 5.11 Å². The van der Waals surface area contributed by atoms with Crippen molar-refractivity contribution in [2.75, 3.05) is 0 Å². The van der Waals surface area contributed by atoms with E-state index in [2.05, 4.69) is 4.98 Å². The summed E-state index contributed by atoms with van der Waals surface area (Å²) in [6, 6.07) is 9.09. The Balaban J connectivity index is 0.000000980. The number of halogens is 1. The second-order valence-electron chi connectivity index (χ2n) is 2.72. The lowest BCUT2D eigenvalue weighted by atomic mass is 10.1. The molecule has 0 amide bonds. The lowest BCUT2D eigenvalue weighted by Gasteiger charge is -1.97. The van der Waals surface area contributed by atoms with Gasteiger partial charge in [0.2, 0.25) is 0 Å². The van der Waals surface area contributed by atoms with E-state index < -0.39 is 5.97 Å². The van der Waals surface area contributed by atoms with Crippen molar-refractivity contribution in [1.82, 2.24) is 4.98 Å². The predicted molar refractivity (Wildman–Crippen MR) is 56.0 cm³/mol. The van der Waals surface area contributed by atoms with Gasteiger partial charge in [0.1, 0.15) is 5.69 Å². The van der Waals surface area contributed by atoms with Gasteiger partial charge < -0.3 is 5.11 Å². The highest BCUT2D eigenvalue weighted by Crippen LogP contribution is 2.12. The molecular formula is C10H8ClNO2. The van der Waals surface area contributed by atoms with Gasteiger partial charge in [0.25, 0.3) is 0 Å². The molecule has 3 nitrogen and oxygen atoms in total. The molecule has 0 radical (unpaired) electrons. The third-order valence-corrected chi connectivity index (χ3v) is 1.85. The molecular weight excluding hydrogens is 202 g/mol. The number of fused-ring (bicyclic) bond motifs is 1.